The highest BCUT2D eigenvalue weighted by atomic mass is 19.1. The van der Waals surface area contributed by atoms with Gasteiger partial charge in [-0.15, -0.1) is 0 Å². The normalized spacial score (nSPS) is 18.6. The fraction of sp³-hybridized carbons (Fsp3) is 0.375. The number of amides is 1. The maximum Gasteiger partial charge on any atom is 0.326 e. The van der Waals surface area contributed by atoms with Crippen LogP contribution in [0, 0.1) is 5.82 Å². The van der Waals surface area contributed by atoms with Crippen LogP contribution in [0.3, 0.4) is 0 Å². The molecule has 116 valence electrons. The number of hydrogen-bond acceptors (Lipinski definition) is 2. The molecule has 2 aromatic rings. The Balaban J connectivity index is 1.81. The molecule has 0 saturated carbocycles. The number of fused-ring (bicyclic) bond motifs is 1. The summed E-state index contributed by atoms with van der Waals surface area (Å²) in [6, 6.07) is 3.63. The molecule has 1 amide bonds. The number of piperidine rings is 1. The minimum Gasteiger partial charge on any atom is -0.480 e. The Kier molecular flexibility index (Phi) is 3.83. The average Bonchev–Trinajstić information content (AvgIpc) is 2.89. The van der Waals surface area contributed by atoms with Gasteiger partial charge in [0.15, 0.2) is 0 Å². The van der Waals surface area contributed by atoms with Gasteiger partial charge < -0.3 is 15.0 Å². The monoisotopic (exact) mass is 304 g/mol. The average molecular weight is 304 g/mol. The Morgan fingerprint density at radius 1 is 1.36 bits per heavy atom. The molecular weight excluding hydrogens is 287 g/mol. The SMILES string of the molecule is O=C(O)[C@H]1CCCCN1C(=O)Cc1c[nH]c2cc(F)ccc12. The number of carbonyl (C=O) groups excluding carboxylic acids is 1. The quantitative estimate of drug-likeness (QED) is 0.914. The summed E-state index contributed by atoms with van der Waals surface area (Å²) in [6.07, 6.45) is 3.96. The maximum absolute atomic E-state index is 13.2. The van der Waals surface area contributed by atoms with Gasteiger partial charge in [0.25, 0.3) is 0 Å². The topological polar surface area (TPSA) is 73.4 Å². The largest absolute Gasteiger partial charge is 0.480 e. The predicted molar refractivity (Wildman–Crippen MR) is 78.9 cm³/mol. The molecule has 3 rings (SSSR count). The molecule has 1 aliphatic heterocycles. The third-order valence-corrected chi connectivity index (χ3v) is 4.18. The summed E-state index contributed by atoms with van der Waals surface area (Å²) in [5.41, 5.74) is 1.39. The summed E-state index contributed by atoms with van der Waals surface area (Å²) in [4.78, 5) is 28.1. The minimum absolute atomic E-state index is 0.120. The number of likely N-dealkylation sites (tertiary alicyclic amines) is 1. The summed E-state index contributed by atoms with van der Waals surface area (Å²) < 4.78 is 13.2. The standard InChI is InChI=1S/C16H17FN2O3/c17-11-4-5-12-10(9-18-13(12)8-11)7-15(20)19-6-2-1-3-14(19)16(21)22/h4-5,8-9,14,18H,1-3,6-7H2,(H,21,22)/t14-/m1/s1. The van der Waals surface area contributed by atoms with E-state index in [1.807, 2.05) is 0 Å². The van der Waals surface area contributed by atoms with Crippen LogP contribution < -0.4 is 0 Å². The van der Waals surface area contributed by atoms with Gasteiger partial charge in [0.1, 0.15) is 11.9 Å². The van der Waals surface area contributed by atoms with Crippen molar-refractivity contribution >= 4 is 22.8 Å². The number of nitrogens with zero attached hydrogens (tertiary/aromatic N) is 1. The molecule has 22 heavy (non-hydrogen) atoms. The molecule has 1 aromatic heterocycles. The van der Waals surface area contributed by atoms with Crippen molar-refractivity contribution in [2.45, 2.75) is 31.7 Å². The number of carbonyl (C=O) groups is 2. The number of H-pyrrole nitrogens is 1. The molecule has 0 spiro atoms. The van der Waals surface area contributed by atoms with Crippen molar-refractivity contribution in [3.05, 3.63) is 35.8 Å². The number of carboxylic acid groups (broad SMARTS) is 1. The molecule has 0 bridgehead atoms. The smallest absolute Gasteiger partial charge is 0.326 e. The van der Waals surface area contributed by atoms with E-state index >= 15 is 0 Å². The number of hydrogen-bond donors (Lipinski definition) is 2. The number of halogens is 1. The molecule has 0 aliphatic carbocycles. The van der Waals surface area contributed by atoms with Crippen LogP contribution in [0.4, 0.5) is 4.39 Å². The van der Waals surface area contributed by atoms with Crippen molar-refractivity contribution in [2.75, 3.05) is 6.54 Å². The zero-order chi connectivity index (χ0) is 15.7. The van der Waals surface area contributed by atoms with E-state index in [1.54, 1.807) is 12.3 Å². The van der Waals surface area contributed by atoms with E-state index in [-0.39, 0.29) is 18.1 Å². The van der Waals surface area contributed by atoms with Gasteiger partial charge in [-0.3, -0.25) is 4.79 Å². The molecule has 1 aliphatic rings. The summed E-state index contributed by atoms with van der Waals surface area (Å²) in [6.45, 7) is 0.479. The van der Waals surface area contributed by atoms with Crippen molar-refractivity contribution in [2.24, 2.45) is 0 Å². The molecule has 1 saturated heterocycles. The fourth-order valence-electron chi connectivity index (χ4n) is 3.06. The van der Waals surface area contributed by atoms with Gasteiger partial charge in [-0.05, 0) is 43.0 Å². The van der Waals surface area contributed by atoms with Crippen molar-refractivity contribution in [3.8, 4) is 0 Å². The number of aromatic nitrogens is 1. The van der Waals surface area contributed by atoms with Crippen molar-refractivity contribution in [1.82, 2.24) is 9.88 Å². The molecule has 1 atom stereocenters. The molecule has 0 radical (unpaired) electrons. The van der Waals surface area contributed by atoms with E-state index < -0.39 is 12.0 Å². The van der Waals surface area contributed by atoms with Gasteiger partial charge in [-0.1, -0.05) is 0 Å². The molecule has 0 unspecified atom stereocenters. The summed E-state index contributed by atoms with van der Waals surface area (Å²) in [7, 11) is 0. The number of aromatic amines is 1. The van der Waals surface area contributed by atoms with E-state index in [0.29, 0.717) is 18.5 Å². The van der Waals surface area contributed by atoms with Gasteiger partial charge >= 0.3 is 5.97 Å². The number of benzene rings is 1. The third-order valence-electron chi connectivity index (χ3n) is 4.18. The van der Waals surface area contributed by atoms with Crippen LogP contribution in [0.5, 0.6) is 0 Å². The summed E-state index contributed by atoms with van der Waals surface area (Å²) in [5, 5.41) is 10.0. The molecule has 1 fully saturated rings. The lowest BCUT2D eigenvalue weighted by Gasteiger charge is -2.33. The third kappa shape index (κ3) is 2.68. The van der Waals surface area contributed by atoms with E-state index in [0.717, 1.165) is 23.8 Å². The van der Waals surface area contributed by atoms with Crippen LogP contribution in [0.2, 0.25) is 0 Å². The van der Waals surface area contributed by atoms with Crippen LogP contribution in [-0.2, 0) is 16.0 Å². The van der Waals surface area contributed by atoms with Crippen molar-refractivity contribution in [1.29, 1.82) is 0 Å². The van der Waals surface area contributed by atoms with Gasteiger partial charge in [0, 0.05) is 23.6 Å². The first-order valence-corrected chi connectivity index (χ1v) is 7.34. The highest BCUT2D eigenvalue weighted by Crippen LogP contribution is 2.23. The van der Waals surface area contributed by atoms with E-state index in [4.69, 9.17) is 0 Å². The number of nitrogens with one attached hydrogen (secondary N) is 1. The van der Waals surface area contributed by atoms with E-state index in [2.05, 4.69) is 4.98 Å². The van der Waals surface area contributed by atoms with E-state index in [1.165, 1.54) is 17.0 Å². The number of aliphatic carboxylic acids is 1. The second-order valence-electron chi connectivity index (χ2n) is 5.62. The Morgan fingerprint density at radius 2 is 2.18 bits per heavy atom. The Bertz CT molecular complexity index is 725. The lowest BCUT2D eigenvalue weighted by atomic mass is 10.0. The second kappa shape index (κ2) is 5.79. The predicted octanol–water partition coefficient (Wildman–Crippen LogP) is 2.32. The first kappa shape index (κ1) is 14.6. The lowest BCUT2D eigenvalue weighted by Crippen LogP contribution is -2.48. The van der Waals surface area contributed by atoms with Gasteiger partial charge in [0.05, 0.1) is 6.42 Å². The zero-order valence-electron chi connectivity index (χ0n) is 12.0. The molecule has 5 nitrogen and oxygen atoms in total. The Hall–Kier alpha value is -2.37. The van der Waals surface area contributed by atoms with Crippen LogP contribution in [0.1, 0.15) is 24.8 Å². The van der Waals surface area contributed by atoms with Crippen LogP contribution in [-0.4, -0.2) is 39.5 Å². The molecule has 2 N–H and O–H groups in total. The zero-order valence-corrected chi connectivity index (χ0v) is 12.0. The van der Waals surface area contributed by atoms with Crippen molar-refractivity contribution < 1.29 is 19.1 Å². The molecule has 6 heteroatoms. The molecular formula is C16H17FN2O3. The first-order chi connectivity index (χ1) is 10.6. The Morgan fingerprint density at radius 3 is 2.95 bits per heavy atom. The maximum atomic E-state index is 13.2. The van der Waals surface area contributed by atoms with Gasteiger partial charge in [0.2, 0.25) is 5.91 Å². The van der Waals surface area contributed by atoms with Crippen LogP contribution in [0.15, 0.2) is 24.4 Å². The summed E-state index contributed by atoms with van der Waals surface area (Å²) in [5.74, 6) is -1.49. The van der Waals surface area contributed by atoms with Gasteiger partial charge in [-0.25, -0.2) is 9.18 Å². The highest BCUT2D eigenvalue weighted by Gasteiger charge is 2.31. The second-order valence-corrected chi connectivity index (χ2v) is 5.62. The van der Waals surface area contributed by atoms with E-state index in [9.17, 15) is 19.1 Å². The van der Waals surface area contributed by atoms with Crippen LogP contribution in [0.25, 0.3) is 10.9 Å². The molecule has 2 heterocycles. The highest BCUT2D eigenvalue weighted by molar-refractivity contribution is 5.90. The number of carboxylic acids is 1. The van der Waals surface area contributed by atoms with Crippen molar-refractivity contribution in [3.63, 3.8) is 0 Å². The number of rotatable bonds is 3. The minimum atomic E-state index is -0.950. The first-order valence-electron chi connectivity index (χ1n) is 7.34. The van der Waals surface area contributed by atoms with Crippen LogP contribution >= 0.6 is 0 Å². The Labute approximate surface area is 126 Å². The van der Waals surface area contributed by atoms with Gasteiger partial charge in [-0.2, -0.15) is 0 Å². The fourth-order valence-corrected chi connectivity index (χ4v) is 3.06. The summed E-state index contributed by atoms with van der Waals surface area (Å²) >= 11 is 0. The molecule has 1 aromatic carbocycles. The lowest BCUT2D eigenvalue weighted by molar-refractivity contribution is -0.151.